The van der Waals surface area contributed by atoms with Crippen molar-refractivity contribution in [2.75, 3.05) is 0 Å². The Hall–Kier alpha value is -0.460. The normalized spacial score (nSPS) is 58.0. The van der Waals surface area contributed by atoms with Crippen LogP contribution in [0.25, 0.3) is 0 Å². The van der Waals surface area contributed by atoms with Crippen LogP contribution in [0.2, 0.25) is 0 Å². The zero-order valence-electron chi connectivity index (χ0n) is 22.8. The third kappa shape index (κ3) is 2.50. The largest absolute Gasteiger partial charge is 0.388 e. The highest BCUT2D eigenvalue weighted by atomic mass is 16.8. The van der Waals surface area contributed by atoms with E-state index in [4.69, 9.17) is 14.2 Å². The minimum atomic E-state index is -1.03. The Bertz CT molecular complexity index is 995. The van der Waals surface area contributed by atoms with E-state index >= 15 is 0 Å². The van der Waals surface area contributed by atoms with Crippen molar-refractivity contribution in [3.8, 4) is 0 Å². The van der Waals surface area contributed by atoms with Gasteiger partial charge in [-0.25, -0.2) is 0 Å². The lowest BCUT2D eigenvalue weighted by Crippen LogP contribution is -2.52. The summed E-state index contributed by atoms with van der Waals surface area (Å²) in [4.78, 5) is 0. The van der Waals surface area contributed by atoms with Crippen LogP contribution in [-0.2, 0) is 14.2 Å². The first-order chi connectivity index (χ1) is 16.2. The molecule has 5 fully saturated rings. The average Bonchev–Trinajstić information content (AvgIpc) is 3.36. The van der Waals surface area contributed by atoms with Gasteiger partial charge in [-0.2, -0.15) is 0 Å². The van der Waals surface area contributed by atoms with Crippen LogP contribution in [0, 0.1) is 34.0 Å². The molecular weight excluding hydrogens is 440 g/mol. The summed E-state index contributed by atoms with van der Waals surface area (Å²) in [6.45, 7) is 15.5. The summed E-state index contributed by atoms with van der Waals surface area (Å²) in [6.07, 6.45) is 7.68. The third-order valence-corrected chi connectivity index (χ3v) is 12.9. The van der Waals surface area contributed by atoms with Gasteiger partial charge < -0.3 is 24.4 Å². The van der Waals surface area contributed by atoms with Crippen LogP contribution in [-0.4, -0.2) is 51.6 Å². The number of aliphatic hydroxyl groups is 2. The van der Waals surface area contributed by atoms with Gasteiger partial charge in [0.25, 0.3) is 0 Å². The summed E-state index contributed by atoms with van der Waals surface area (Å²) in [6, 6.07) is 0. The predicted octanol–water partition coefficient (Wildman–Crippen LogP) is 5.13. The van der Waals surface area contributed by atoms with Crippen LogP contribution >= 0.6 is 0 Å². The zero-order valence-corrected chi connectivity index (χ0v) is 22.8. The van der Waals surface area contributed by atoms with Gasteiger partial charge in [0.15, 0.2) is 5.79 Å². The van der Waals surface area contributed by atoms with E-state index in [0.717, 1.165) is 38.5 Å². The van der Waals surface area contributed by atoms with Crippen molar-refractivity contribution in [3.63, 3.8) is 0 Å². The summed E-state index contributed by atoms with van der Waals surface area (Å²) >= 11 is 0. The molecule has 4 saturated heterocycles. The molecule has 0 radical (unpaired) electrons. The quantitative estimate of drug-likeness (QED) is 0.503. The molecule has 2 unspecified atom stereocenters. The maximum atomic E-state index is 12.4. The number of hydrogen-bond acceptors (Lipinski definition) is 5. The van der Waals surface area contributed by atoms with E-state index < -0.39 is 29.0 Å². The second kappa shape index (κ2) is 6.57. The van der Waals surface area contributed by atoms with Crippen molar-refractivity contribution in [1.29, 1.82) is 0 Å². The van der Waals surface area contributed by atoms with Gasteiger partial charge in [-0.15, -0.1) is 0 Å². The molecule has 2 N–H and O–H groups in total. The molecule has 0 aromatic heterocycles. The molecule has 5 heteroatoms. The van der Waals surface area contributed by atoms with Gasteiger partial charge in [0, 0.05) is 11.3 Å². The topological polar surface area (TPSA) is 68.2 Å². The fourth-order valence-electron chi connectivity index (χ4n) is 11.3. The van der Waals surface area contributed by atoms with Crippen LogP contribution in [0.1, 0.15) is 99.8 Å². The molecule has 3 aliphatic carbocycles. The van der Waals surface area contributed by atoms with Crippen molar-refractivity contribution < 1.29 is 24.4 Å². The molecule has 35 heavy (non-hydrogen) atoms. The van der Waals surface area contributed by atoms with Gasteiger partial charge in [-0.1, -0.05) is 45.8 Å². The molecule has 4 heterocycles. The Labute approximate surface area is 211 Å². The van der Waals surface area contributed by atoms with Gasteiger partial charge in [0.05, 0.1) is 23.4 Å². The summed E-state index contributed by atoms with van der Waals surface area (Å²) in [7, 11) is 0. The molecule has 0 aromatic rings. The lowest BCUT2D eigenvalue weighted by molar-refractivity contribution is -0.280. The van der Waals surface area contributed by atoms with Crippen molar-refractivity contribution in [2.45, 2.75) is 141 Å². The molecule has 7 rings (SSSR count). The SMILES string of the molecule is C[C@@H]1CC2O[C@]3(OC2C(C)(C)O)[C@H]1[C@@]1(C)CCC2=C(CC[C@H]4C(C)(C)[C@@H]5CC[C@@]4(C2)O5)[C@]1(C)[C@H]3O. The number of fused-ring (bicyclic) bond motifs is 5. The molecule has 5 nitrogen and oxygen atoms in total. The summed E-state index contributed by atoms with van der Waals surface area (Å²) < 4.78 is 20.3. The summed E-state index contributed by atoms with van der Waals surface area (Å²) in [5.74, 6) is 0.0201. The molecule has 4 bridgehead atoms. The Morgan fingerprint density at radius 1 is 0.971 bits per heavy atom. The van der Waals surface area contributed by atoms with Crippen molar-refractivity contribution in [2.24, 2.45) is 34.0 Å². The van der Waals surface area contributed by atoms with E-state index in [9.17, 15) is 10.2 Å². The third-order valence-electron chi connectivity index (χ3n) is 12.9. The van der Waals surface area contributed by atoms with Crippen LogP contribution < -0.4 is 0 Å². The van der Waals surface area contributed by atoms with Crippen LogP contribution in [0.15, 0.2) is 11.1 Å². The number of aliphatic hydroxyl groups excluding tert-OH is 1. The first kappa shape index (κ1) is 23.6. The first-order valence-electron chi connectivity index (χ1n) is 14.4. The van der Waals surface area contributed by atoms with Crippen molar-refractivity contribution in [1.82, 2.24) is 0 Å². The highest BCUT2D eigenvalue weighted by Gasteiger charge is 2.80. The predicted molar refractivity (Wildman–Crippen MR) is 132 cm³/mol. The molecule has 4 aliphatic heterocycles. The molecule has 11 atom stereocenters. The molecule has 0 amide bonds. The first-order valence-corrected chi connectivity index (χ1v) is 14.4. The fourth-order valence-corrected chi connectivity index (χ4v) is 11.3. The summed E-state index contributed by atoms with van der Waals surface area (Å²) in [5.41, 5.74) is 1.73. The Morgan fingerprint density at radius 3 is 2.43 bits per heavy atom. The van der Waals surface area contributed by atoms with Gasteiger partial charge in [-0.3, -0.25) is 0 Å². The van der Waals surface area contributed by atoms with Crippen LogP contribution in [0.3, 0.4) is 0 Å². The standard InChI is InChI=1S/C30H46O5/c1-16-14-19-23(26(4,5)32)35-30(33-19)22(16)27(6)12-10-17-15-29-13-11-21(34-29)25(2,3)20(29)9-8-18(17)28(27,7)24(30)31/h16,19-24,31-32H,8-15H2,1-7H3/t16-,19?,20+,21+,22-,23?,24-,27-,28-,29+,30+/m1/s1. The van der Waals surface area contributed by atoms with E-state index in [-0.39, 0.29) is 28.5 Å². The van der Waals surface area contributed by atoms with Crippen LogP contribution in [0.5, 0.6) is 0 Å². The molecule has 196 valence electrons. The van der Waals surface area contributed by atoms with Crippen LogP contribution in [0.4, 0.5) is 0 Å². The van der Waals surface area contributed by atoms with Crippen molar-refractivity contribution >= 4 is 0 Å². The highest BCUT2D eigenvalue weighted by Crippen LogP contribution is 2.76. The van der Waals surface area contributed by atoms with Crippen molar-refractivity contribution in [3.05, 3.63) is 11.1 Å². The minimum absolute atomic E-state index is 0.00525. The minimum Gasteiger partial charge on any atom is -0.388 e. The Kier molecular flexibility index (Phi) is 4.44. The van der Waals surface area contributed by atoms with Gasteiger partial charge in [-0.05, 0) is 87.9 Å². The van der Waals surface area contributed by atoms with E-state index in [1.54, 1.807) is 5.57 Å². The Morgan fingerprint density at radius 2 is 1.71 bits per heavy atom. The smallest absolute Gasteiger partial charge is 0.199 e. The second-order valence-electron chi connectivity index (χ2n) is 15.2. The van der Waals surface area contributed by atoms with Gasteiger partial charge in [0.2, 0.25) is 0 Å². The second-order valence-corrected chi connectivity index (χ2v) is 15.2. The number of rotatable bonds is 1. The molecule has 0 aromatic carbocycles. The molecule has 7 aliphatic rings. The average molecular weight is 487 g/mol. The monoisotopic (exact) mass is 486 g/mol. The molecule has 1 saturated carbocycles. The molecule has 2 spiro atoms. The lowest BCUT2D eigenvalue weighted by atomic mass is 9.52. The number of hydrogen-bond donors (Lipinski definition) is 2. The zero-order chi connectivity index (χ0) is 25.0. The lowest BCUT2D eigenvalue weighted by Gasteiger charge is -2.52. The fraction of sp³-hybridized carbons (Fsp3) is 0.933. The highest BCUT2D eigenvalue weighted by molar-refractivity contribution is 5.40. The summed E-state index contributed by atoms with van der Waals surface area (Å²) in [5, 5.41) is 23.3. The van der Waals surface area contributed by atoms with E-state index in [0.29, 0.717) is 17.9 Å². The maximum absolute atomic E-state index is 12.4. The van der Waals surface area contributed by atoms with E-state index in [2.05, 4.69) is 34.6 Å². The maximum Gasteiger partial charge on any atom is 0.199 e. The number of ether oxygens (including phenoxy) is 3. The van der Waals surface area contributed by atoms with E-state index in [1.807, 2.05) is 13.8 Å². The Balaban J connectivity index is 1.34. The van der Waals surface area contributed by atoms with E-state index in [1.165, 1.54) is 18.4 Å². The van der Waals surface area contributed by atoms with Gasteiger partial charge >= 0.3 is 0 Å². The molecular formula is C30H46O5. The van der Waals surface area contributed by atoms with Gasteiger partial charge in [0.1, 0.15) is 12.2 Å².